The fraction of sp³-hybridized carbons (Fsp3) is 1.00. The van der Waals surface area contributed by atoms with Gasteiger partial charge in [-0.1, -0.05) is 26.7 Å². The van der Waals surface area contributed by atoms with Crippen LogP contribution in [-0.2, 0) is 0 Å². The zero-order chi connectivity index (χ0) is 12.3. The van der Waals surface area contributed by atoms with Crippen molar-refractivity contribution in [3.8, 4) is 0 Å². The molecule has 2 heteroatoms. The Balaban J connectivity index is 1.84. The molecule has 1 N–H and O–H groups in total. The van der Waals surface area contributed by atoms with Gasteiger partial charge in [-0.3, -0.25) is 0 Å². The normalized spacial score (nSPS) is 34.1. The van der Waals surface area contributed by atoms with Gasteiger partial charge in [-0.2, -0.15) is 0 Å². The highest BCUT2D eigenvalue weighted by atomic mass is 15.2. The lowest BCUT2D eigenvalue weighted by molar-refractivity contribution is 0.143. The van der Waals surface area contributed by atoms with Gasteiger partial charge >= 0.3 is 0 Å². The van der Waals surface area contributed by atoms with Crippen LogP contribution in [-0.4, -0.2) is 36.6 Å². The predicted molar refractivity (Wildman–Crippen MR) is 74.2 cm³/mol. The van der Waals surface area contributed by atoms with Gasteiger partial charge in [0.1, 0.15) is 0 Å². The van der Waals surface area contributed by atoms with Gasteiger partial charge < -0.3 is 10.2 Å². The Hall–Kier alpha value is -0.0800. The molecular formula is C15H30N2. The molecule has 3 unspecified atom stereocenters. The number of hydrogen-bond acceptors (Lipinski definition) is 2. The van der Waals surface area contributed by atoms with Crippen molar-refractivity contribution in [3.05, 3.63) is 0 Å². The van der Waals surface area contributed by atoms with Crippen LogP contribution < -0.4 is 5.32 Å². The van der Waals surface area contributed by atoms with Crippen molar-refractivity contribution in [2.75, 3.05) is 19.6 Å². The van der Waals surface area contributed by atoms with Crippen LogP contribution in [0.3, 0.4) is 0 Å². The molecule has 1 aliphatic carbocycles. The molecule has 0 amide bonds. The minimum Gasteiger partial charge on any atom is -0.314 e. The molecule has 17 heavy (non-hydrogen) atoms. The highest BCUT2D eigenvalue weighted by Crippen LogP contribution is 2.34. The van der Waals surface area contributed by atoms with E-state index in [-0.39, 0.29) is 0 Å². The summed E-state index contributed by atoms with van der Waals surface area (Å²) in [5.74, 6) is 1.86. The molecule has 1 aliphatic heterocycles. The van der Waals surface area contributed by atoms with Gasteiger partial charge in [-0.15, -0.1) is 0 Å². The van der Waals surface area contributed by atoms with Crippen molar-refractivity contribution in [2.45, 2.75) is 65.0 Å². The first-order chi connectivity index (χ1) is 8.19. The van der Waals surface area contributed by atoms with Crippen LogP contribution in [0.2, 0.25) is 0 Å². The molecular weight excluding hydrogens is 208 g/mol. The van der Waals surface area contributed by atoms with Crippen LogP contribution in [0.5, 0.6) is 0 Å². The molecule has 100 valence electrons. The minimum atomic E-state index is 0.744. The molecule has 3 atom stereocenters. The second-order valence-electron chi connectivity index (χ2n) is 6.43. The van der Waals surface area contributed by atoms with Gasteiger partial charge in [-0.05, 0) is 51.1 Å². The van der Waals surface area contributed by atoms with Crippen molar-refractivity contribution in [2.24, 2.45) is 11.8 Å². The van der Waals surface area contributed by atoms with Crippen LogP contribution in [0.1, 0.15) is 52.9 Å². The molecule has 0 radical (unpaired) electrons. The smallest absolute Gasteiger partial charge is 0.00767 e. The van der Waals surface area contributed by atoms with Crippen molar-refractivity contribution in [1.29, 1.82) is 0 Å². The van der Waals surface area contributed by atoms with Crippen LogP contribution in [0, 0.1) is 11.8 Å². The first kappa shape index (κ1) is 13.4. The Kier molecular flexibility index (Phi) is 4.87. The SMILES string of the molecule is CCC1CCN(C(C)CC2CC2)CC(C)CN1. The molecule has 0 aromatic carbocycles. The zero-order valence-electron chi connectivity index (χ0n) is 11.9. The van der Waals surface area contributed by atoms with E-state index in [1.165, 1.54) is 51.7 Å². The molecule has 2 fully saturated rings. The molecule has 0 aromatic rings. The quantitative estimate of drug-likeness (QED) is 0.810. The lowest BCUT2D eigenvalue weighted by Gasteiger charge is -2.36. The highest BCUT2D eigenvalue weighted by Gasteiger charge is 2.27. The van der Waals surface area contributed by atoms with Gasteiger partial charge in [0.25, 0.3) is 0 Å². The second kappa shape index (κ2) is 6.19. The molecule has 1 heterocycles. The number of nitrogens with one attached hydrogen (secondary N) is 1. The van der Waals surface area contributed by atoms with E-state index in [4.69, 9.17) is 0 Å². The first-order valence-electron chi connectivity index (χ1n) is 7.66. The molecule has 0 bridgehead atoms. The zero-order valence-corrected chi connectivity index (χ0v) is 11.9. The molecule has 2 aliphatic rings. The van der Waals surface area contributed by atoms with E-state index in [9.17, 15) is 0 Å². The van der Waals surface area contributed by atoms with Crippen LogP contribution >= 0.6 is 0 Å². The summed E-state index contributed by atoms with van der Waals surface area (Å²) in [5.41, 5.74) is 0. The van der Waals surface area contributed by atoms with Gasteiger partial charge in [0.05, 0.1) is 0 Å². The van der Waals surface area contributed by atoms with Crippen LogP contribution in [0.4, 0.5) is 0 Å². The van der Waals surface area contributed by atoms with E-state index in [0.29, 0.717) is 0 Å². The molecule has 1 saturated heterocycles. The largest absolute Gasteiger partial charge is 0.314 e. The Morgan fingerprint density at radius 2 is 2.06 bits per heavy atom. The Bertz CT molecular complexity index is 225. The Morgan fingerprint density at radius 1 is 1.29 bits per heavy atom. The summed E-state index contributed by atoms with van der Waals surface area (Å²) < 4.78 is 0. The number of nitrogens with zero attached hydrogens (tertiary/aromatic N) is 1. The number of rotatable bonds is 4. The standard InChI is InChI=1S/C15H30N2/c1-4-15-7-8-17(11-12(2)10-16-15)13(3)9-14-5-6-14/h12-16H,4-11H2,1-3H3. The summed E-state index contributed by atoms with van der Waals surface area (Å²) in [6.07, 6.45) is 7.03. The average molecular weight is 238 g/mol. The number of hydrogen-bond donors (Lipinski definition) is 1. The first-order valence-corrected chi connectivity index (χ1v) is 7.66. The van der Waals surface area contributed by atoms with E-state index >= 15 is 0 Å². The molecule has 0 aromatic heterocycles. The van der Waals surface area contributed by atoms with Crippen molar-refractivity contribution in [3.63, 3.8) is 0 Å². The third kappa shape index (κ3) is 4.26. The van der Waals surface area contributed by atoms with Gasteiger partial charge in [0, 0.05) is 18.6 Å². The monoisotopic (exact) mass is 238 g/mol. The lowest BCUT2D eigenvalue weighted by Crippen LogP contribution is -2.46. The van der Waals surface area contributed by atoms with Crippen molar-refractivity contribution < 1.29 is 0 Å². The van der Waals surface area contributed by atoms with E-state index in [0.717, 1.165) is 23.9 Å². The Labute approximate surface area is 107 Å². The molecule has 2 nitrogen and oxygen atoms in total. The maximum Gasteiger partial charge on any atom is 0.00767 e. The van der Waals surface area contributed by atoms with Gasteiger partial charge in [-0.25, -0.2) is 0 Å². The minimum absolute atomic E-state index is 0.744. The van der Waals surface area contributed by atoms with Crippen LogP contribution in [0.15, 0.2) is 0 Å². The topological polar surface area (TPSA) is 15.3 Å². The summed E-state index contributed by atoms with van der Waals surface area (Å²) >= 11 is 0. The van der Waals surface area contributed by atoms with Crippen molar-refractivity contribution >= 4 is 0 Å². The summed E-state index contributed by atoms with van der Waals surface area (Å²) in [4.78, 5) is 2.76. The molecule has 0 spiro atoms. The maximum atomic E-state index is 3.71. The third-order valence-electron chi connectivity index (χ3n) is 4.55. The second-order valence-corrected chi connectivity index (χ2v) is 6.43. The highest BCUT2D eigenvalue weighted by molar-refractivity contribution is 4.83. The molecule has 2 rings (SSSR count). The molecule has 1 saturated carbocycles. The fourth-order valence-corrected chi connectivity index (χ4v) is 3.08. The van der Waals surface area contributed by atoms with Crippen molar-refractivity contribution in [1.82, 2.24) is 10.2 Å². The summed E-state index contributed by atoms with van der Waals surface area (Å²) in [7, 11) is 0. The van der Waals surface area contributed by atoms with E-state index in [1.54, 1.807) is 0 Å². The third-order valence-corrected chi connectivity index (χ3v) is 4.55. The van der Waals surface area contributed by atoms with E-state index < -0.39 is 0 Å². The Morgan fingerprint density at radius 3 is 2.71 bits per heavy atom. The fourth-order valence-electron chi connectivity index (χ4n) is 3.08. The van der Waals surface area contributed by atoms with Crippen LogP contribution in [0.25, 0.3) is 0 Å². The summed E-state index contributed by atoms with van der Waals surface area (Å²) in [6.45, 7) is 10.9. The maximum absolute atomic E-state index is 3.71. The van der Waals surface area contributed by atoms with E-state index in [2.05, 4.69) is 31.0 Å². The lowest BCUT2D eigenvalue weighted by atomic mass is 10.0. The van der Waals surface area contributed by atoms with Gasteiger partial charge in [0.2, 0.25) is 0 Å². The van der Waals surface area contributed by atoms with Gasteiger partial charge in [0.15, 0.2) is 0 Å². The predicted octanol–water partition coefficient (Wildman–Crippen LogP) is 2.89. The van der Waals surface area contributed by atoms with E-state index in [1.807, 2.05) is 0 Å². The summed E-state index contributed by atoms with van der Waals surface area (Å²) in [6, 6.07) is 1.55. The average Bonchev–Trinajstić information content (AvgIpc) is 3.08. The summed E-state index contributed by atoms with van der Waals surface area (Å²) in [5, 5.41) is 3.71.